The van der Waals surface area contributed by atoms with Gasteiger partial charge in [-0.25, -0.2) is 0 Å². The maximum absolute atomic E-state index is 6.08. The van der Waals surface area contributed by atoms with Gasteiger partial charge >= 0.3 is 0 Å². The van der Waals surface area contributed by atoms with E-state index in [0.717, 1.165) is 23.7 Å². The topological polar surface area (TPSA) is 26.0 Å². The van der Waals surface area contributed by atoms with Crippen molar-refractivity contribution in [2.75, 3.05) is 0 Å². The van der Waals surface area contributed by atoms with Crippen molar-refractivity contribution in [3.8, 4) is 0 Å². The summed E-state index contributed by atoms with van der Waals surface area (Å²) in [6, 6.07) is 0.583. The van der Waals surface area contributed by atoms with Crippen LogP contribution in [-0.2, 0) is 0 Å². The van der Waals surface area contributed by atoms with E-state index in [1.165, 1.54) is 32.1 Å². The highest BCUT2D eigenvalue weighted by Gasteiger charge is 2.52. The van der Waals surface area contributed by atoms with Crippen LogP contribution in [0.4, 0.5) is 0 Å². The second kappa shape index (κ2) is 2.01. The van der Waals surface area contributed by atoms with E-state index in [1.807, 2.05) is 0 Å². The van der Waals surface area contributed by atoms with Crippen LogP contribution in [0.25, 0.3) is 0 Å². The highest BCUT2D eigenvalue weighted by atomic mass is 14.7. The Bertz CT molecular complexity index is 178. The van der Waals surface area contributed by atoms with Crippen LogP contribution in [0.1, 0.15) is 32.1 Å². The number of nitrogens with two attached hydrogens (primary N) is 1. The zero-order valence-corrected chi connectivity index (χ0v) is 7.00. The molecule has 1 nitrogen and oxygen atoms in total. The van der Waals surface area contributed by atoms with E-state index in [2.05, 4.69) is 0 Å². The van der Waals surface area contributed by atoms with Gasteiger partial charge in [0.05, 0.1) is 0 Å². The van der Waals surface area contributed by atoms with Crippen LogP contribution in [0.2, 0.25) is 0 Å². The van der Waals surface area contributed by atoms with Gasteiger partial charge < -0.3 is 5.73 Å². The van der Waals surface area contributed by atoms with E-state index in [-0.39, 0.29) is 0 Å². The van der Waals surface area contributed by atoms with Crippen molar-refractivity contribution in [1.82, 2.24) is 0 Å². The van der Waals surface area contributed by atoms with Crippen molar-refractivity contribution in [3.63, 3.8) is 0 Å². The molecule has 0 aromatic rings. The second-order valence-corrected chi connectivity index (χ2v) is 4.82. The van der Waals surface area contributed by atoms with Crippen LogP contribution < -0.4 is 5.73 Å². The van der Waals surface area contributed by atoms with Crippen molar-refractivity contribution in [1.29, 1.82) is 0 Å². The Morgan fingerprint density at radius 3 is 2.64 bits per heavy atom. The first-order valence-corrected chi connectivity index (χ1v) is 5.12. The second-order valence-electron chi connectivity index (χ2n) is 4.82. The lowest BCUT2D eigenvalue weighted by Crippen LogP contribution is -2.34. The van der Waals surface area contributed by atoms with Gasteiger partial charge in [-0.2, -0.15) is 0 Å². The van der Waals surface area contributed by atoms with Crippen molar-refractivity contribution >= 4 is 0 Å². The van der Waals surface area contributed by atoms with Gasteiger partial charge in [-0.05, 0) is 49.4 Å². The van der Waals surface area contributed by atoms with E-state index in [0.29, 0.717) is 6.04 Å². The summed E-state index contributed by atoms with van der Waals surface area (Å²) in [5, 5.41) is 0. The molecule has 0 amide bonds. The van der Waals surface area contributed by atoms with E-state index in [4.69, 9.17) is 5.73 Å². The minimum Gasteiger partial charge on any atom is -0.327 e. The lowest BCUT2D eigenvalue weighted by atomic mass is 9.79. The summed E-state index contributed by atoms with van der Waals surface area (Å²) >= 11 is 0. The Hall–Kier alpha value is -0.0400. The van der Waals surface area contributed by atoms with Crippen LogP contribution in [0.15, 0.2) is 0 Å². The molecule has 0 aliphatic heterocycles. The van der Waals surface area contributed by atoms with Gasteiger partial charge in [0.25, 0.3) is 0 Å². The van der Waals surface area contributed by atoms with Gasteiger partial charge in [-0.3, -0.25) is 0 Å². The van der Waals surface area contributed by atoms with Crippen molar-refractivity contribution < 1.29 is 0 Å². The summed E-state index contributed by atoms with van der Waals surface area (Å²) in [6.45, 7) is 0. The quantitative estimate of drug-likeness (QED) is 0.561. The summed E-state index contributed by atoms with van der Waals surface area (Å²) < 4.78 is 0. The zero-order valence-electron chi connectivity index (χ0n) is 7.00. The lowest BCUT2D eigenvalue weighted by molar-refractivity contribution is 0.234. The predicted octanol–water partition coefficient (Wildman–Crippen LogP) is 1.77. The van der Waals surface area contributed by atoms with Gasteiger partial charge in [0.2, 0.25) is 0 Å². The molecule has 0 heterocycles. The Morgan fingerprint density at radius 1 is 0.909 bits per heavy atom. The van der Waals surface area contributed by atoms with Crippen LogP contribution in [0.3, 0.4) is 0 Å². The first kappa shape index (κ1) is 6.47. The largest absolute Gasteiger partial charge is 0.327 e. The van der Waals surface area contributed by atoms with Gasteiger partial charge in [0, 0.05) is 6.04 Å². The minimum atomic E-state index is 0.583. The van der Waals surface area contributed by atoms with Crippen molar-refractivity contribution in [2.45, 2.75) is 38.1 Å². The molecule has 1 heteroatoms. The molecular weight excluding hydrogens is 134 g/mol. The molecule has 3 aliphatic carbocycles. The van der Waals surface area contributed by atoms with Gasteiger partial charge in [0.1, 0.15) is 0 Å². The third-order valence-corrected chi connectivity index (χ3v) is 4.48. The lowest BCUT2D eigenvalue weighted by Gasteiger charge is -2.28. The first-order valence-electron chi connectivity index (χ1n) is 5.12. The molecule has 3 fully saturated rings. The van der Waals surface area contributed by atoms with E-state index in [1.54, 1.807) is 0 Å². The fraction of sp³-hybridized carbons (Fsp3) is 1.00. The summed E-state index contributed by atoms with van der Waals surface area (Å²) in [6.07, 6.45) is 7.36. The minimum absolute atomic E-state index is 0.583. The monoisotopic (exact) mass is 151 g/mol. The molecule has 0 radical (unpaired) electrons. The van der Waals surface area contributed by atoms with E-state index in [9.17, 15) is 0 Å². The van der Waals surface area contributed by atoms with Crippen LogP contribution in [-0.4, -0.2) is 6.04 Å². The maximum Gasteiger partial charge on any atom is 0.00727 e. The molecule has 11 heavy (non-hydrogen) atoms. The molecule has 3 aliphatic rings. The third kappa shape index (κ3) is 0.703. The highest BCUT2D eigenvalue weighted by molar-refractivity contribution is 5.04. The summed E-state index contributed by atoms with van der Waals surface area (Å²) in [4.78, 5) is 0. The molecule has 0 aromatic carbocycles. The van der Waals surface area contributed by atoms with Crippen molar-refractivity contribution in [2.24, 2.45) is 29.4 Å². The Morgan fingerprint density at radius 2 is 1.73 bits per heavy atom. The summed E-state index contributed by atoms with van der Waals surface area (Å²) in [7, 11) is 0. The molecule has 62 valence electrons. The molecule has 0 unspecified atom stereocenters. The number of rotatable bonds is 0. The highest BCUT2D eigenvalue weighted by Crippen LogP contribution is 2.58. The molecule has 0 spiro atoms. The molecule has 3 rings (SSSR count). The molecule has 0 saturated heterocycles. The fourth-order valence-electron chi connectivity index (χ4n) is 4.12. The number of hydrogen-bond acceptors (Lipinski definition) is 1. The standard InChI is InChI=1S/C10H17N/c11-10-5-6-4-9(10)8-3-1-2-7(6)8/h6-10H,1-5,11H2/t6-,7+,8+,9-,10+/m0/s1. The van der Waals surface area contributed by atoms with Crippen LogP contribution in [0.5, 0.6) is 0 Å². The molecular formula is C10H17N. The van der Waals surface area contributed by atoms with Gasteiger partial charge in [-0.1, -0.05) is 6.42 Å². The normalized spacial score (nSPS) is 60.3. The number of hydrogen-bond donors (Lipinski definition) is 1. The first-order chi connectivity index (χ1) is 5.36. The van der Waals surface area contributed by atoms with E-state index >= 15 is 0 Å². The smallest absolute Gasteiger partial charge is 0.00727 e. The molecule has 5 atom stereocenters. The Balaban J connectivity index is 1.90. The summed E-state index contributed by atoms with van der Waals surface area (Å²) in [5.41, 5.74) is 6.08. The van der Waals surface area contributed by atoms with Gasteiger partial charge in [0.15, 0.2) is 0 Å². The van der Waals surface area contributed by atoms with E-state index < -0.39 is 0 Å². The average Bonchev–Trinajstić information content (AvgIpc) is 2.52. The molecule has 2 N–H and O–H groups in total. The molecule has 3 saturated carbocycles. The fourth-order valence-corrected chi connectivity index (χ4v) is 4.12. The molecule has 2 bridgehead atoms. The van der Waals surface area contributed by atoms with Crippen LogP contribution >= 0.6 is 0 Å². The SMILES string of the molecule is N[C@@H]1C[C@@H]2C[C@H]1[C@@H]1CCC[C@H]21. The van der Waals surface area contributed by atoms with Crippen LogP contribution in [0, 0.1) is 23.7 Å². The Labute approximate surface area is 68.3 Å². The van der Waals surface area contributed by atoms with Gasteiger partial charge in [-0.15, -0.1) is 0 Å². The summed E-state index contributed by atoms with van der Waals surface area (Å²) in [5.74, 6) is 4.15. The third-order valence-electron chi connectivity index (χ3n) is 4.48. The van der Waals surface area contributed by atoms with Crippen molar-refractivity contribution in [3.05, 3.63) is 0 Å². The zero-order chi connectivity index (χ0) is 7.42. The maximum atomic E-state index is 6.08. The predicted molar refractivity (Wildman–Crippen MR) is 45.0 cm³/mol. The Kier molecular flexibility index (Phi) is 1.18. The number of fused-ring (bicyclic) bond motifs is 5. The molecule has 0 aromatic heterocycles. The average molecular weight is 151 g/mol.